The van der Waals surface area contributed by atoms with Gasteiger partial charge in [-0.25, -0.2) is 4.39 Å². The molecule has 1 aromatic rings. The number of ether oxygens (including phenoxy) is 2. The maximum Gasteiger partial charge on any atom is 0.168 e. The van der Waals surface area contributed by atoms with E-state index in [-0.39, 0.29) is 5.82 Å². The first-order valence-corrected chi connectivity index (χ1v) is 7.47. The number of rotatable bonds is 1. The van der Waals surface area contributed by atoms with E-state index < -0.39 is 17.5 Å². The summed E-state index contributed by atoms with van der Waals surface area (Å²) in [5.41, 5.74) is -0.631. The van der Waals surface area contributed by atoms with Crippen molar-refractivity contribution >= 4 is 0 Å². The number of hydrogen-bond acceptors (Lipinski definition) is 4. The molecule has 1 saturated carbocycles. The van der Waals surface area contributed by atoms with E-state index in [0.717, 1.165) is 0 Å². The fraction of sp³-hybridized carbons (Fsp3) is 0.529. The molecule has 4 nitrogen and oxygen atoms in total. The minimum Gasteiger partial charge on any atom is -0.378 e. The van der Waals surface area contributed by atoms with Crippen LogP contribution in [-0.2, 0) is 9.47 Å². The van der Waals surface area contributed by atoms with E-state index in [1.54, 1.807) is 0 Å². The number of hydrogen-bond donors (Lipinski definition) is 2. The molecule has 1 unspecified atom stereocenters. The van der Waals surface area contributed by atoms with E-state index in [2.05, 4.69) is 11.8 Å². The molecule has 0 radical (unpaired) electrons. The monoisotopic (exact) mass is 306 g/mol. The molecule has 22 heavy (non-hydrogen) atoms. The minimum atomic E-state index is -1.14. The van der Waals surface area contributed by atoms with Crippen LogP contribution in [0.3, 0.4) is 0 Å². The third-order valence-corrected chi connectivity index (χ3v) is 4.28. The van der Waals surface area contributed by atoms with Crippen LogP contribution in [0, 0.1) is 17.7 Å². The van der Waals surface area contributed by atoms with E-state index in [0.29, 0.717) is 44.5 Å². The Morgan fingerprint density at radius 1 is 1.05 bits per heavy atom. The zero-order valence-electron chi connectivity index (χ0n) is 12.2. The Bertz CT molecular complexity index is 571. The van der Waals surface area contributed by atoms with Crippen molar-refractivity contribution in [1.82, 2.24) is 0 Å². The van der Waals surface area contributed by atoms with E-state index in [4.69, 9.17) is 9.47 Å². The first-order chi connectivity index (χ1) is 10.5. The molecular formula is C17H19FO4. The molecule has 2 aliphatic rings. The second-order valence-corrected chi connectivity index (χ2v) is 5.86. The second kappa shape index (κ2) is 5.98. The standard InChI is InChI=1S/C17H19FO4/c18-14-3-1-13(2-4-14)15(19)5-6-16(20)7-9-17(10-8-16)21-11-12-22-17/h1-4,15,19-20H,7-12H2. The average Bonchev–Trinajstić information content (AvgIpc) is 2.98. The summed E-state index contributed by atoms with van der Waals surface area (Å²) >= 11 is 0. The fourth-order valence-corrected chi connectivity index (χ4v) is 2.89. The third kappa shape index (κ3) is 3.31. The van der Waals surface area contributed by atoms with Gasteiger partial charge in [0.25, 0.3) is 0 Å². The molecule has 1 aliphatic carbocycles. The van der Waals surface area contributed by atoms with Crippen molar-refractivity contribution in [3.05, 3.63) is 35.6 Å². The summed E-state index contributed by atoms with van der Waals surface area (Å²) in [5.74, 6) is 4.51. The molecule has 1 aromatic carbocycles. The first kappa shape index (κ1) is 15.4. The lowest BCUT2D eigenvalue weighted by molar-refractivity contribution is -0.195. The Kier molecular flexibility index (Phi) is 4.20. The van der Waals surface area contributed by atoms with Crippen molar-refractivity contribution in [1.29, 1.82) is 0 Å². The normalized spacial score (nSPS) is 23.8. The zero-order chi connectivity index (χ0) is 15.6. The molecule has 1 atom stereocenters. The summed E-state index contributed by atoms with van der Waals surface area (Å²) < 4.78 is 24.1. The topological polar surface area (TPSA) is 58.9 Å². The first-order valence-electron chi connectivity index (χ1n) is 7.47. The van der Waals surface area contributed by atoms with Crippen LogP contribution in [0.2, 0.25) is 0 Å². The minimum absolute atomic E-state index is 0.364. The van der Waals surface area contributed by atoms with Gasteiger partial charge >= 0.3 is 0 Å². The van der Waals surface area contributed by atoms with Gasteiger partial charge in [-0.3, -0.25) is 0 Å². The maximum atomic E-state index is 12.9. The predicted octanol–water partition coefficient (Wildman–Crippen LogP) is 1.91. The molecule has 2 N–H and O–H groups in total. The van der Waals surface area contributed by atoms with Crippen LogP contribution in [-0.4, -0.2) is 34.8 Å². The lowest BCUT2D eigenvalue weighted by Crippen LogP contribution is -2.42. The van der Waals surface area contributed by atoms with Crippen LogP contribution >= 0.6 is 0 Å². The molecular weight excluding hydrogens is 287 g/mol. The maximum absolute atomic E-state index is 12.9. The highest BCUT2D eigenvalue weighted by molar-refractivity contribution is 5.28. The third-order valence-electron chi connectivity index (χ3n) is 4.28. The van der Waals surface area contributed by atoms with Crippen LogP contribution in [0.15, 0.2) is 24.3 Å². The van der Waals surface area contributed by atoms with Gasteiger partial charge in [0.1, 0.15) is 17.5 Å². The van der Waals surface area contributed by atoms with Gasteiger partial charge in [-0.1, -0.05) is 24.0 Å². The molecule has 1 spiro atoms. The SMILES string of the molecule is OC(C#CC1(O)CCC2(CC1)OCCO2)c1ccc(F)cc1. The fourth-order valence-electron chi connectivity index (χ4n) is 2.89. The smallest absolute Gasteiger partial charge is 0.168 e. The summed E-state index contributed by atoms with van der Waals surface area (Å²) in [6, 6.07) is 5.51. The molecule has 1 aliphatic heterocycles. The Balaban J connectivity index is 1.64. The van der Waals surface area contributed by atoms with Gasteiger partial charge in [0, 0.05) is 12.8 Å². The lowest BCUT2D eigenvalue weighted by atomic mass is 9.81. The predicted molar refractivity (Wildman–Crippen MR) is 77.2 cm³/mol. The Labute approximate surface area is 128 Å². The number of aliphatic hydroxyl groups is 2. The zero-order valence-corrected chi connectivity index (χ0v) is 12.2. The summed E-state index contributed by atoms with van der Waals surface area (Å²) in [7, 11) is 0. The molecule has 0 aromatic heterocycles. The van der Waals surface area contributed by atoms with Crippen molar-refractivity contribution in [2.45, 2.75) is 43.2 Å². The molecule has 0 bridgehead atoms. The number of halogens is 1. The highest BCUT2D eigenvalue weighted by Gasteiger charge is 2.44. The Hall–Kier alpha value is -1.45. The van der Waals surface area contributed by atoms with Crippen molar-refractivity contribution in [2.75, 3.05) is 13.2 Å². The van der Waals surface area contributed by atoms with Crippen LogP contribution in [0.4, 0.5) is 4.39 Å². The largest absolute Gasteiger partial charge is 0.378 e. The molecule has 5 heteroatoms. The van der Waals surface area contributed by atoms with Gasteiger partial charge in [0.05, 0.1) is 13.2 Å². The molecule has 1 heterocycles. The molecule has 0 amide bonds. The van der Waals surface area contributed by atoms with Crippen LogP contribution < -0.4 is 0 Å². The lowest BCUT2D eigenvalue weighted by Gasteiger charge is -2.37. The van der Waals surface area contributed by atoms with Gasteiger partial charge in [0.15, 0.2) is 5.79 Å². The molecule has 118 valence electrons. The summed E-state index contributed by atoms with van der Waals surface area (Å²) in [4.78, 5) is 0. The average molecular weight is 306 g/mol. The molecule has 2 fully saturated rings. The Morgan fingerprint density at radius 2 is 1.64 bits per heavy atom. The van der Waals surface area contributed by atoms with E-state index in [1.807, 2.05) is 0 Å². The van der Waals surface area contributed by atoms with Gasteiger partial charge in [-0.2, -0.15) is 0 Å². The van der Waals surface area contributed by atoms with Crippen molar-refractivity contribution in [2.24, 2.45) is 0 Å². The van der Waals surface area contributed by atoms with Crippen molar-refractivity contribution in [3.8, 4) is 11.8 Å². The van der Waals surface area contributed by atoms with Crippen LogP contribution in [0.25, 0.3) is 0 Å². The number of benzene rings is 1. The summed E-state index contributed by atoms with van der Waals surface area (Å²) in [5, 5.41) is 20.5. The Morgan fingerprint density at radius 3 is 2.23 bits per heavy atom. The van der Waals surface area contributed by atoms with Crippen molar-refractivity contribution in [3.63, 3.8) is 0 Å². The van der Waals surface area contributed by atoms with E-state index >= 15 is 0 Å². The highest BCUT2D eigenvalue weighted by atomic mass is 19.1. The van der Waals surface area contributed by atoms with Crippen LogP contribution in [0.1, 0.15) is 37.4 Å². The summed E-state index contributed by atoms with van der Waals surface area (Å²) in [6.07, 6.45) is 1.02. The molecule has 1 saturated heterocycles. The van der Waals surface area contributed by atoms with Gasteiger partial charge in [-0.05, 0) is 30.5 Å². The van der Waals surface area contributed by atoms with Crippen LogP contribution in [0.5, 0.6) is 0 Å². The van der Waals surface area contributed by atoms with Gasteiger partial charge in [0.2, 0.25) is 0 Å². The quantitative estimate of drug-likeness (QED) is 0.778. The molecule has 3 rings (SSSR count). The van der Waals surface area contributed by atoms with Gasteiger partial charge in [-0.15, -0.1) is 0 Å². The summed E-state index contributed by atoms with van der Waals surface area (Å²) in [6.45, 7) is 1.18. The van der Waals surface area contributed by atoms with Gasteiger partial charge < -0.3 is 19.7 Å². The van der Waals surface area contributed by atoms with E-state index in [9.17, 15) is 14.6 Å². The second-order valence-electron chi connectivity index (χ2n) is 5.86. The van der Waals surface area contributed by atoms with E-state index in [1.165, 1.54) is 24.3 Å². The highest BCUT2D eigenvalue weighted by Crippen LogP contribution is 2.40. The number of aliphatic hydroxyl groups excluding tert-OH is 1. The van der Waals surface area contributed by atoms with Crippen molar-refractivity contribution < 1.29 is 24.1 Å².